The van der Waals surface area contributed by atoms with E-state index in [0.29, 0.717) is 6.10 Å². The average Bonchev–Trinajstić information content (AvgIpc) is 2.92. The van der Waals surface area contributed by atoms with Crippen molar-refractivity contribution in [2.45, 2.75) is 46.1 Å². The zero-order valence-electron chi connectivity index (χ0n) is 14.0. The van der Waals surface area contributed by atoms with Crippen LogP contribution >= 0.6 is 35.3 Å². The lowest BCUT2D eigenvalue weighted by Gasteiger charge is -2.12. The van der Waals surface area contributed by atoms with Crippen LogP contribution in [-0.2, 0) is 17.6 Å². The maximum atomic E-state index is 5.50. The van der Waals surface area contributed by atoms with Crippen LogP contribution in [0, 0.1) is 0 Å². The maximum absolute atomic E-state index is 5.50. The van der Waals surface area contributed by atoms with Crippen molar-refractivity contribution in [3.63, 3.8) is 0 Å². The molecule has 0 aliphatic rings. The summed E-state index contributed by atoms with van der Waals surface area (Å²) in [4.78, 5) is 9.97. The minimum atomic E-state index is 0. The molecule has 0 radical (unpaired) electrons. The highest BCUT2D eigenvalue weighted by Gasteiger charge is 2.02. The highest BCUT2D eigenvalue weighted by atomic mass is 127. The highest BCUT2D eigenvalue weighted by molar-refractivity contribution is 14.0. The monoisotopic (exact) mass is 440 g/mol. The van der Waals surface area contributed by atoms with Gasteiger partial charge in [-0.3, -0.25) is 4.99 Å². The van der Waals surface area contributed by atoms with Crippen molar-refractivity contribution >= 4 is 41.3 Å². The van der Waals surface area contributed by atoms with Crippen molar-refractivity contribution in [2.24, 2.45) is 4.99 Å². The molecule has 1 aromatic heterocycles. The average molecular weight is 440 g/mol. The van der Waals surface area contributed by atoms with E-state index in [1.165, 1.54) is 9.88 Å². The molecule has 22 heavy (non-hydrogen) atoms. The van der Waals surface area contributed by atoms with E-state index in [1.807, 2.05) is 6.20 Å². The van der Waals surface area contributed by atoms with Crippen LogP contribution in [0.25, 0.3) is 0 Å². The van der Waals surface area contributed by atoms with E-state index < -0.39 is 0 Å². The molecule has 128 valence electrons. The largest absolute Gasteiger partial charge is 0.379 e. The Bertz CT molecular complexity index is 423. The Morgan fingerprint density at radius 2 is 2.09 bits per heavy atom. The zero-order chi connectivity index (χ0) is 15.5. The molecule has 0 aliphatic heterocycles. The van der Waals surface area contributed by atoms with Gasteiger partial charge in [0, 0.05) is 44.2 Å². The summed E-state index contributed by atoms with van der Waals surface area (Å²) in [6, 6.07) is 0. The van der Waals surface area contributed by atoms with Crippen LogP contribution in [-0.4, -0.2) is 43.8 Å². The first kappa shape index (κ1) is 21.6. The second-order valence-electron chi connectivity index (χ2n) is 5.02. The molecular formula is C15H29IN4OS. The van der Waals surface area contributed by atoms with Gasteiger partial charge in [-0.1, -0.05) is 6.92 Å². The number of aryl methyl sites for hydroxylation is 1. The molecule has 1 heterocycles. The Morgan fingerprint density at radius 1 is 1.36 bits per heavy atom. The van der Waals surface area contributed by atoms with E-state index in [9.17, 15) is 0 Å². The number of hydrogen-bond acceptors (Lipinski definition) is 4. The van der Waals surface area contributed by atoms with Crippen LogP contribution in [0.5, 0.6) is 0 Å². The minimum absolute atomic E-state index is 0. The summed E-state index contributed by atoms with van der Waals surface area (Å²) >= 11 is 1.79. The van der Waals surface area contributed by atoms with Crippen LogP contribution in [0.3, 0.4) is 0 Å². The molecule has 1 rings (SSSR count). The molecule has 0 bridgehead atoms. The molecule has 0 fully saturated rings. The lowest BCUT2D eigenvalue weighted by molar-refractivity contribution is 0.0776. The summed E-state index contributed by atoms with van der Waals surface area (Å²) in [6.45, 7) is 8.75. The molecule has 2 N–H and O–H groups in total. The minimum Gasteiger partial charge on any atom is -0.379 e. The molecule has 0 spiro atoms. The topological polar surface area (TPSA) is 58.5 Å². The van der Waals surface area contributed by atoms with E-state index >= 15 is 0 Å². The Morgan fingerprint density at radius 3 is 2.68 bits per heavy atom. The highest BCUT2D eigenvalue weighted by Crippen LogP contribution is 2.13. The summed E-state index contributed by atoms with van der Waals surface area (Å²) in [7, 11) is 1.79. The van der Waals surface area contributed by atoms with Crippen molar-refractivity contribution in [1.29, 1.82) is 0 Å². The van der Waals surface area contributed by atoms with E-state index in [2.05, 4.69) is 41.4 Å². The van der Waals surface area contributed by atoms with Crippen LogP contribution in [0.4, 0.5) is 0 Å². The molecule has 0 unspecified atom stereocenters. The number of guanidine groups is 1. The summed E-state index contributed by atoms with van der Waals surface area (Å²) in [6.07, 6.45) is 5.25. The molecule has 0 saturated carbocycles. The summed E-state index contributed by atoms with van der Waals surface area (Å²) in [5, 5.41) is 7.78. The quantitative estimate of drug-likeness (QED) is 0.268. The fraction of sp³-hybridized carbons (Fsp3) is 0.733. The van der Waals surface area contributed by atoms with E-state index in [0.717, 1.165) is 44.9 Å². The Balaban J connectivity index is 0.00000441. The number of aromatic nitrogens is 1. The fourth-order valence-electron chi connectivity index (χ4n) is 1.73. The smallest absolute Gasteiger partial charge is 0.190 e. The number of aliphatic imine (C=N–C) groups is 1. The van der Waals surface area contributed by atoms with Crippen molar-refractivity contribution in [1.82, 2.24) is 15.6 Å². The lowest BCUT2D eigenvalue weighted by atomic mass is 10.4. The number of halogens is 1. The maximum Gasteiger partial charge on any atom is 0.190 e. The Labute approximate surface area is 155 Å². The summed E-state index contributed by atoms with van der Waals surface area (Å²) in [5.41, 5.74) is 0. The fourth-order valence-corrected chi connectivity index (χ4v) is 2.60. The van der Waals surface area contributed by atoms with Crippen molar-refractivity contribution in [3.05, 3.63) is 16.1 Å². The van der Waals surface area contributed by atoms with Gasteiger partial charge in [0.05, 0.1) is 11.1 Å². The first-order valence-corrected chi connectivity index (χ1v) is 8.47. The summed E-state index contributed by atoms with van der Waals surface area (Å²) < 4.78 is 5.50. The summed E-state index contributed by atoms with van der Waals surface area (Å²) in [5.74, 6) is 0.840. The molecule has 1 aromatic rings. The molecule has 0 aliphatic carbocycles. The second kappa shape index (κ2) is 13.1. The van der Waals surface area contributed by atoms with Gasteiger partial charge in [0.15, 0.2) is 5.96 Å². The third-order valence-corrected chi connectivity index (χ3v) is 4.07. The van der Waals surface area contributed by atoms with Crippen molar-refractivity contribution in [2.75, 3.05) is 26.7 Å². The number of nitrogens with zero attached hydrogens (tertiary/aromatic N) is 2. The van der Waals surface area contributed by atoms with Gasteiger partial charge in [-0.25, -0.2) is 4.98 Å². The number of ether oxygens (including phenoxy) is 1. The van der Waals surface area contributed by atoms with Gasteiger partial charge in [-0.05, 0) is 26.7 Å². The molecular weight excluding hydrogens is 411 g/mol. The third-order valence-electron chi connectivity index (χ3n) is 2.87. The normalized spacial score (nSPS) is 11.4. The van der Waals surface area contributed by atoms with Gasteiger partial charge in [-0.15, -0.1) is 35.3 Å². The predicted octanol–water partition coefficient (Wildman–Crippen LogP) is 2.85. The third kappa shape index (κ3) is 9.58. The Hall–Kier alpha value is -0.410. The van der Waals surface area contributed by atoms with Crippen LogP contribution in [0.2, 0.25) is 0 Å². The lowest BCUT2D eigenvalue weighted by Crippen LogP contribution is -2.39. The molecule has 0 amide bonds. The zero-order valence-corrected chi connectivity index (χ0v) is 17.2. The first-order chi connectivity index (χ1) is 10.2. The van der Waals surface area contributed by atoms with Crippen molar-refractivity contribution in [3.8, 4) is 0 Å². The van der Waals surface area contributed by atoms with Gasteiger partial charge in [-0.2, -0.15) is 0 Å². The number of rotatable bonds is 9. The number of hydrogen-bond donors (Lipinski definition) is 2. The molecule has 0 atom stereocenters. The van der Waals surface area contributed by atoms with Crippen LogP contribution < -0.4 is 10.6 Å². The molecule has 5 nitrogen and oxygen atoms in total. The standard InChI is InChI=1S/C15H28N4OS.HI/c1-5-13-11-19-14(21-13)7-9-18-15(16-4)17-8-6-10-20-12(2)3;/h11-12H,5-10H2,1-4H3,(H2,16,17,18);1H. The van der Waals surface area contributed by atoms with E-state index in [1.54, 1.807) is 18.4 Å². The van der Waals surface area contributed by atoms with Gasteiger partial charge in [0.1, 0.15) is 0 Å². The Kier molecular flexibility index (Phi) is 12.8. The van der Waals surface area contributed by atoms with Crippen molar-refractivity contribution < 1.29 is 4.74 Å². The molecule has 0 saturated heterocycles. The SMILES string of the molecule is CCc1cnc(CCNC(=NC)NCCCOC(C)C)s1.I. The van der Waals surface area contributed by atoms with Crippen LogP contribution in [0.15, 0.2) is 11.2 Å². The van der Waals surface area contributed by atoms with Gasteiger partial charge >= 0.3 is 0 Å². The van der Waals surface area contributed by atoms with E-state index in [-0.39, 0.29) is 24.0 Å². The first-order valence-electron chi connectivity index (χ1n) is 7.65. The van der Waals surface area contributed by atoms with Gasteiger partial charge in [0.25, 0.3) is 0 Å². The van der Waals surface area contributed by atoms with Crippen LogP contribution in [0.1, 0.15) is 37.1 Å². The molecule has 0 aromatic carbocycles. The second-order valence-corrected chi connectivity index (χ2v) is 6.22. The predicted molar refractivity (Wildman–Crippen MR) is 106 cm³/mol. The number of thiazole rings is 1. The molecule has 7 heteroatoms. The van der Waals surface area contributed by atoms with E-state index in [4.69, 9.17) is 4.74 Å². The van der Waals surface area contributed by atoms with Gasteiger partial charge < -0.3 is 15.4 Å². The van der Waals surface area contributed by atoms with Gasteiger partial charge in [0.2, 0.25) is 0 Å². The number of nitrogens with one attached hydrogen (secondary N) is 2.